The van der Waals surface area contributed by atoms with Gasteiger partial charge in [-0.05, 0) is 120 Å². The van der Waals surface area contributed by atoms with Crippen molar-refractivity contribution in [2.24, 2.45) is 5.92 Å². The molecule has 0 amide bonds. The number of benzene rings is 2. The van der Waals surface area contributed by atoms with Crippen LogP contribution >= 0.6 is 22.6 Å². The van der Waals surface area contributed by atoms with Crippen molar-refractivity contribution in [3.05, 3.63) is 68.3 Å². The van der Waals surface area contributed by atoms with Gasteiger partial charge in [-0.15, -0.1) is 0 Å². The van der Waals surface area contributed by atoms with Gasteiger partial charge >= 0.3 is 5.97 Å². The molecule has 0 saturated carbocycles. The molecular weight excluding hydrogens is 864 g/mol. The highest BCUT2D eigenvalue weighted by molar-refractivity contribution is 14.1. The highest BCUT2D eigenvalue weighted by Crippen LogP contribution is 2.49. The first-order valence-electron chi connectivity index (χ1n) is 21.0. The molecule has 1 aliphatic heterocycles. The van der Waals surface area contributed by atoms with Crippen LogP contribution in [0.25, 0.3) is 0 Å². The van der Waals surface area contributed by atoms with Gasteiger partial charge in [-0.3, -0.25) is 4.79 Å². The number of hydrogen-bond acceptors (Lipinski definition) is 8. The van der Waals surface area contributed by atoms with Gasteiger partial charge in [0.2, 0.25) is 5.60 Å². The minimum absolute atomic E-state index is 0.0121. The minimum atomic E-state index is -2.44. The maximum absolute atomic E-state index is 14.4. The van der Waals surface area contributed by atoms with Crippen molar-refractivity contribution in [3.8, 4) is 11.5 Å². The van der Waals surface area contributed by atoms with Gasteiger partial charge in [0.15, 0.2) is 22.4 Å². The van der Waals surface area contributed by atoms with Crippen LogP contribution < -0.4 is 9.47 Å². The predicted molar refractivity (Wildman–Crippen MR) is 245 cm³/mol. The third-order valence-corrected chi connectivity index (χ3v) is 21.6. The molecular formula is C46H73IO8Si2. The Labute approximate surface area is 360 Å². The molecule has 0 unspecified atom stereocenters. The molecule has 1 aliphatic rings. The van der Waals surface area contributed by atoms with Crippen molar-refractivity contribution in [3.63, 3.8) is 0 Å². The average molecular weight is 937 g/mol. The van der Waals surface area contributed by atoms with E-state index in [9.17, 15) is 9.59 Å². The van der Waals surface area contributed by atoms with Crippen LogP contribution in [0.3, 0.4) is 0 Å². The molecule has 2 aromatic rings. The highest BCUT2D eigenvalue weighted by Gasteiger charge is 2.69. The number of hydrogen-bond donors (Lipinski definition) is 0. The van der Waals surface area contributed by atoms with Crippen molar-refractivity contribution >= 4 is 51.0 Å². The van der Waals surface area contributed by atoms with Gasteiger partial charge in [0.05, 0.1) is 28.5 Å². The molecule has 0 N–H and O–H groups in total. The van der Waals surface area contributed by atoms with Gasteiger partial charge in [-0.2, -0.15) is 0 Å². The predicted octanol–water partition coefficient (Wildman–Crippen LogP) is 12.2. The van der Waals surface area contributed by atoms with E-state index in [1.54, 1.807) is 6.92 Å². The molecule has 320 valence electrons. The maximum Gasteiger partial charge on any atom is 0.343 e. The van der Waals surface area contributed by atoms with Crippen LogP contribution in [-0.2, 0) is 47.5 Å². The summed E-state index contributed by atoms with van der Waals surface area (Å²) in [6.45, 7) is 33.4. The summed E-state index contributed by atoms with van der Waals surface area (Å²) in [6.07, 6.45) is 3.57. The van der Waals surface area contributed by atoms with Crippen LogP contribution in [0.2, 0.25) is 36.3 Å². The molecule has 1 heterocycles. The fourth-order valence-electron chi connectivity index (χ4n) is 6.37. The number of ether oxygens (including phenoxy) is 4. The summed E-state index contributed by atoms with van der Waals surface area (Å²) in [6, 6.07) is 12.4. The number of epoxide rings is 1. The second-order valence-electron chi connectivity index (χ2n) is 18.9. The number of halogens is 1. The lowest BCUT2D eigenvalue weighted by Crippen LogP contribution is -2.52. The summed E-state index contributed by atoms with van der Waals surface area (Å²) >= 11 is 2.36. The molecule has 3 rings (SSSR count). The molecule has 0 aromatic heterocycles. The Bertz CT molecular complexity index is 1680. The molecule has 1 fully saturated rings. The summed E-state index contributed by atoms with van der Waals surface area (Å²) < 4.78 is 39.9. The molecule has 3 atom stereocenters. The van der Waals surface area contributed by atoms with Gasteiger partial charge in [0.25, 0.3) is 0 Å². The fraction of sp³-hybridized carbons (Fsp3) is 0.652. The van der Waals surface area contributed by atoms with E-state index in [-0.39, 0.29) is 41.6 Å². The zero-order valence-electron chi connectivity index (χ0n) is 37.8. The van der Waals surface area contributed by atoms with E-state index >= 15 is 0 Å². The largest absolute Gasteiger partial charge is 0.488 e. The average Bonchev–Trinajstić information content (AvgIpc) is 3.86. The first-order chi connectivity index (χ1) is 26.4. The second kappa shape index (κ2) is 20.5. The van der Waals surface area contributed by atoms with E-state index < -0.39 is 34.3 Å². The molecule has 0 aliphatic carbocycles. The number of ketones is 1. The SMILES string of the molecule is CCC/C(=C\COc1c(I)cc(CC(C)C)c(OCc2ccccc2)c1CO[Si](C)(C)C(C)(C)C)C(=O)C[C@H](O[Si](C)(C)C(C)(C)C)[C@]1(C(=O)OCC)O[C@@H]1CC. The standard InChI is InChI=1S/C46H73IO8Si2/c1-16-22-34(38(48)29-40(55-57(14,15)45(9,10)11)46(39(17-2)54-46)43(49)50-18-3)25-26-51-42-36(31-53-56(12,13)44(6,7)8)41(35(27-32(4)5)28-37(42)47)52-30-33-23-20-19-21-24-33/h19-21,23-25,28,32,39-40H,16-18,22,26-27,29-31H2,1-15H3/b34-25+/t39-,40+,46-/m1/s1. The third kappa shape index (κ3) is 12.7. The van der Waals surface area contributed by atoms with Crippen LogP contribution in [0.5, 0.6) is 11.5 Å². The number of carbonyl (C=O) groups excluding carboxylic acids is 2. The Morgan fingerprint density at radius 2 is 1.54 bits per heavy atom. The molecule has 2 aromatic carbocycles. The number of carbonyl (C=O) groups is 2. The van der Waals surface area contributed by atoms with Crippen molar-refractivity contribution in [2.75, 3.05) is 13.2 Å². The number of Topliss-reactive ketones (excluding diaryl/α,β-unsaturated/α-hetero) is 1. The van der Waals surface area contributed by atoms with E-state index in [1.165, 1.54) is 0 Å². The zero-order valence-corrected chi connectivity index (χ0v) is 41.9. The quantitative estimate of drug-likeness (QED) is 0.0379. The highest BCUT2D eigenvalue weighted by atomic mass is 127. The van der Waals surface area contributed by atoms with E-state index in [0.29, 0.717) is 43.3 Å². The van der Waals surface area contributed by atoms with Gasteiger partial charge < -0.3 is 27.8 Å². The normalized spacial score (nSPS) is 18.4. The van der Waals surface area contributed by atoms with Crippen LogP contribution in [0, 0.1) is 9.49 Å². The summed E-state index contributed by atoms with van der Waals surface area (Å²) in [5.41, 5.74) is 2.46. The minimum Gasteiger partial charge on any atom is -0.488 e. The molecule has 8 nitrogen and oxygen atoms in total. The van der Waals surface area contributed by atoms with Crippen LogP contribution in [-0.4, -0.2) is 59.4 Å². The Morgan fingerprint density at radius 3 is 2.07 bits per heavy atom. The Kier molecular flexibility index (Phi) is 17.7. The van der Waals surface area contributed by atoms with Gasteiger partial charge in [0.1, 0.15) is 30.8 Å². The van der Waals surface area contributed by atoms with Crippen molar-refractivity contribution in [1.82, 2.24) is 0 Å². The summed E-state index contributed by atoms with van der Waals surface area (Å²) in [5.74, 6) is 1.40. The molecule has 0 spiro atoms. The van der Waals surface area contributed by atoms with Crippen molar-refractivity contribution in [1.29, 1.82) is 0 Å². The second-order valence-corrected chi connectivity index (χ2v) is 29.6. The lowest BCUT2D eigenvalue weighted by Gasteiger charge is -2.40. The molecule has 57 heavy (non-hydrogen) atoms. The summed E-state index contributed by atoms with van der Waals surface area (Å²) in [5, 5.41) is -0.130. The van der Waals surface area contributed by atoms with E-state index in [1.807, 2.05) is 31.2 Å². The van der Waals surface area contributed by atoms with E-state index in [2.05, 4.69) is 129 Å². The number of rotatable bonds is 22. The molecule has 11 heteroatoms. The van der Waals surface area contributed by atoms with Crippen molar-refractivity contribution in [2.45, 2.75) is 176 Å². The zero-order chi connectivity index (χ0) is 43.0. The maximum atomic E-state index is 14.4. The van der Waals surface area contributed by atoms with E-state index in [4.69, 9.17) is 27.8 Å². The van der Waals surface area contributed by atoms with Gasteiger partial charge in [-0.25, -0.2) is 4.79 Å². The molecule has 0 bridgehead atoms. The van der Waals surface area contributed by atoms with Crippen LogP contribution in [0.4, 0.5) is 0 Å². The fourth-order valence-corrected chi connectivity index (χ4v) is 9.49. The smallest absolute Gasteiger partial charge is 0.343 e. The molecule has 1 saturated heterocycles. The summed E-state index contributed by atoms with van der Waals surface area (Å²) in [4.78, 5) is 28.0. The Hall–Kier alpha value is -2.04. The lowest BCUT2D eigenvalue weighted by atomic mass is 9.90. The molecule has 0 radical (unpaired) electrons. The van der Waals surface area contributed by atoms with Gasteiger partial charge in [0, 0.05) is 6.42 Å². The number of allylic oxidation sites excluding steroid dienone is 1. The Balaban J connectivity index is 2.06. The first kappa shape index (κ1) is 49.3. The third-order valence-electron chi connectivity index (χ3n) is 11.8. The summed E-state index contributed by atoms with van der Waals surface area (Å²) in [7, 11) is -4.60. The first-order valence-corrected chi connectivity index (χ1v) is 27.9. The lowest BCUT2D eigenvalue weighted by molar-refractivity contribution is -0.154. The van der Waals surface area contributed by atoms with E-state index in [0.717, 1.165) is 38.9 Å². The Morgan fingerprint density at radius 1 is 0.912 bits per heavy atom. The van der Waals surface area contributed by atoms with Gasteiger partial charge in [-0.1, -0.05) is 106 Å². The monoisotopic (exact) mass is 936 g/mol. The topological polar surface area (TPSA) is 92.8 Å². The van der Waals surface area contributed by atoms with Crippen molar-refractivity contribution < 1.29 is 37.4 Å². The van der Waals surface area contributed by atoms with Crippen LogP contribution in [0.15, 0.2) is 48.0 Å². The van der Waals surface area contributed by atoms with Crippen LogP contribution in [0.1, 0.15) is 119 Å². The number of esters is 1.